The van der Waals surface area contributed by atoms with Crippen LogP contribution in [-0.2, 0) is 0 Å². The summed E-state index contributed by atoms with van der Waals surface area (Å²) < 4.78 is 15.7. The first-order valence-electron chi connectivity index (χ1n) is 7.87. The molecular formula is C19H19N3O4. The summed E-state index contributed by atoms with van der Waals surface area (Å²) in [5, 5.41) is 4.74. The summed E-state index contributed by atoms with van der Waals surface area (Å²) in [5.74, 6) is 1.67. The number of amides is 1. The van der Waals surface area contributed by atoms with Crippen LogP contribution in [0.2, 0.25) is 0 Å². The summed E-state index contributed by atoms with van der Waals surface area (Å²) in [4.78, 5) is 15.4. The molecule has 134 valence electrons. The van der Waals surface area contributed by atoms with E-state index < -0.39 is 0 Å². The quantitative estimate of drug-likeness (QED) is 0.527. The topological polar surface area (TPSA) is 84.9 Å². The van der Waals surface area contributed by atoms with E-state index in [0.717, 1.165) is 16.7 Å². The van der Waals surface area contributed by atoms with Gasteiger partial charge in [-0.3, -0.25) is 4.79 Å². The van der Waals surface area contributed by atoms with Crippen LogP contribution in [0.4, 0.5) is 0 Å². The third-order valence-corrected chi connectivity index (χ3v) is 3.90. The Balaban J connectivity index is 1.78. The number of carbonyl (C=O) groups is 1. The first-order valence-corrected chi connectivity index (χ1v) is 7.87. The van der Waals surface area contributed by atoms with E-state index in [1.807, 2.05) is 24.3 Å². The standard InChI is InChI=1S/C19H19N3O4/c1-24-13-6-4-12(5-7-13)11-20-22-19(23)15-10-14-16(25-2)8-9-17(26-3)18(14)21-15/h4-11,21H,1-3H3,(H,22,23)/b20-11-. The van der Waals surface area contributed by atoms with E-state index in [1.54, 1.807) is 45.7 Å². The lowest BCUT2D eigenvalue weighted by Crippen LogP contribution is -2.17. The first-order chi connectivity index (χ1) is 12.7. The average Bonchev–Trinajstić information content (AvgIpc) is 3.13. The first kappa shape index (κ1) is 17.3. The predicted octanol–water partition coefficient (Wildman–Crippen LogP) is 2.96. The van der Waals surface area contributed by atoms with Gasteiger partial charge in [0.25, 0.3) is 5.91 Å². The van der Waals surface area contributed by atoms with Crippen LogP contribution in [0.15, 0.2) is 47.6 Å². The summed E-state index contributed by atoms with van der Waals surface area (Å²) in [6.45, 7) is 0. The van der Waals surface area contributed by atoms with Crippen molar-refractivity contribution in [2.75, 3.05) is 21.3 Å². The molecule has 0 aliphatic rings. The third kappa shape index (κ3) is 3.46. The summed E-state index contributed by atoms with van der Waals surface area (Å²) in [5.41, 5.74) is 4.38. The second kappa shape index (κ2) is 7.60. The van der Waals surface area contributed by atoms with E-state index in [4.69, 9.17) is 14.2 Å². The van der Waals surface area contributed by atoms with Gasteiger partial charge in [-0.15, -0.1) is 0 Å². The molecule has 1 heterocycles. The fourth-order valence-electron chi connectivity index (χ4n) is 2.55. The summed E-state index contributed by atoms with van der Waals surface area (Å²) >= 11 is 0. The Labute approximate surface area is 150 Å². The van der Waals surface area contributed by atoms with Crippen molar-refractivity contribution in [1.82, 2.24) is 10.4 Å². The van der Waals surface area contributed by atoms with Crippen LogP contribution >= 0.6 is 0 Å². The molecule has 1 amide bonds. The molecular weight excluding hydrogens is 334 g/mol. The number of hydrogen-bond donors (Lipinski definition) is 2. The van der Waals surface area contributed by atoms with Crippen molar-refractivity contribution in [3.63, 3.8) is 0 Å². The van der Waals surface area contributed by atoms with Crippen LogP contribution in [0.3, 0.4) is 0 Å². The van der Waals surface area contributed by atoms with Gasteiger partial charge in [0.1, 0.15) is 22.9 Å². The Kier molecular flexibility index (Phi) is 5.07. The molecule has 7 nitrogen and oxygen atoms in total. The molecule has 0 saturated heterocycles. The van der Waals surface area contributed by atoms with Crippen LogP contribution in [0.1, 0.15) is 16.1 Å². The third-order valence-electron chi connectivity index (χ3n) is 3.90. The molecule has 3 aromatic rings. The number of carbonyl (C=O) groups excluding carboxylic acids is 1. The lowest BCUT2D eigenvalue weighted by Gasteiger charge is -2.05. The number of fused-ring (bicyclic) bond motifs is 1. The Bertz CT molecular complexity index is 904. The van der Waals surface area contributed by atoms with Gasteiger partial charge in [0.15, 0.2) is 0 Å². The SMILES string of the molecule is COc1ccc(/C=N\NC(=O)c2cc3c(OC)ccc(OC)c3[nH]2)cc1. The number of ether oxygens (including phenoxy) is 3. The maximum absolute atomic E-state index is 12.3. The van der Waals surface area contributed by atoms with Gasteiger partial charge in [-0.05, 0) is 48.0 Å². The maximum atomic E-state index is 12.3. The van der Waals surface area contributed by atoms with Crippen molar-refractivity contribution in [2.24, 2.45) is 5.10 Å². The number of hydrogen-bond acceptors (Lipinski definition) is 5. The van der Waals surface area contributed by atoms with Crippen LogP contribution in [-0.4, -0.2) is 38.4 Å². The molecule has 7 heteroatoms. The molecule has 0 unspecified atom stereocenters. The van der Waals surface area contributed by atoms with Crippen LogP contribution < -0.4 is 19.6 Å². The second-order valence-corrected chi connectivity index (χ2v) is 5.41. The number of H-pyrrole nitrogens is 1. The van der Waals surface area contributed by atoms with Gasteiger partial charge in [0.2, 0.25) is 0 Å². The van der Waals surface area contributed by atoms with Gasteiger partial charge in [-0.2, -0.15) is 5.10 Å². The minimum Gasteiger partial charge on any atom is -0.497 e. The summed E-state index contributed by atoms with van der Waals surface area (Å²) in [7, 11) is 4.75. The zero-order chi connectivity index (χ0) is 18.5. The highest BCUT2D eigenvalue weighted by molar-refractivity contribution is 6.01. The highest BCUT2D eigenvalue weighted by Crippen LogP contribution is 2.33. The van der Waals surface area contributed by atoms with Crippen molar-refractivity contribution in [3.05, 3.63) is 53.7 Å². The zero-order valence-corrected chi connectivity index (χ0v) is 14.7. The smallest absolute Gasteiger partial charge is 0.287 e. The number of benzene rings is 2. The summed E-state index contributed by atoms with van der Waals surface area (Å²) in [6.07, 6.45) is 1.56. The van der Waals surface area contributed by atoms with Crippen molar-refractivity contribution in [1.29, 1.82) is 0 Å². The molecule has 2 N–H and O–H groups in total. The average molecular weight is 353 g/mol. The molecule has 26 heavy (non-hydrogen) atoms. The van der Waals surface area contributed by atoms with Gasteiger partial charge in [-0.25, -0.2) is 5.43 Å². The number of aromatic amines is 1. The summed E-state index contributed by atoms with van der Waals surface area (Å²) in [6, 6.07) is 12.6. The lowest BCUT2D eigenvalue weighted by molar-refractivity contribution is 0.0951. The van der Waals surface area contributed by atoms with Crippen LogP contribution in [0.5, 0.6) is 17.2 Å². The van der Waals surface area contributed by atoms with E-state index in [2.05, 4.69) is 15.5 Å². The van der Waals surface area contributed by atoms with Gasteiger partial charge in [-0.1, -0.05) is 0 Å². The van der Waals surface area contributed by atoms with Gasteiger partial charge in [0.05, 0.1) is 33.1 Å². The van der Waals surface area contributed by atoms with E-state index in [0.29, 0.717) is 22.7 Å². The molecule has 0 aliphatic heterocycles. The van der Waals surface area contributed by atoms with Gasteiger partial charge < -0.3 is 19.2 Å². The van der Waals surface area contributed by atoms with Crippen molar-refractivity contribution in [3.8, 4) is 17.2 Å². The van der Waals surface area contributed by atoms with Crippen molar-refractivity contribution < 1.29 is 19.0 Å². The van der Waals surface area contributed by atoms with Crippen molar-refractivity contribution in [2.45, 2.75) is 0 Å². The van der Waals surface area contributed by atoms with Crippen LogP contribution in [0.25, 0.3) is 10.9 Å². The maximum Gasteiger partial charge on any atom is 0.287 e. The van der Waals surface area contributed by atoms with Gasteiger partial charge in [0, 0.05) is 5.39 Å². The number of nitrogens with zero attached hydrogens (tertiary/aromatic N) is 1. The van der Waals surface area contributed by atoms with E-state index >= 15 is 0 Å². The molecule has 0 aliphatic carbocycles. The number of aromatic nitrogens is 1. The molecule has 0 radical (unpaired) electrons. The normalized spacial score (nSPS) is 10.9. The fraction of sp³-hybridized carbons (Fsp3) is 0.158. The molecule has 0 fully saturated rings. The Morgan fingerprint density at radius 2 is 1.69 bits per heavy atom. The number of methoxy groups -OCH3 is 3. The van der Waals surface area contributed by atoms with E-state index in [1.165, 1.54) is 0 Å². The highest BCUT2D eigenvalue weighted by Gasteiger charge is 2.15. The Hall–Kier alpha value is -3.48. The van der Waals surface area contributed by atoms with E-state index in [-0.39, 0.29) is 5.91 Å². The van der Waals surface area contributed by atoms with Gasteiger partial charge >= 0.3 is 0 Å². The predicted molar refractivity (Wildman–Crippen MR) is 99.5 cm³/mol. The second-order valence-electron chi connectivity index (χ2n) is 5.41. The largest absolute Gasteiger partial charge is 0.497 e. The van der Waals surface area contributed by atoms with Crippen LogP contribution in [0, 0.1) is 0 Å². The molecule has 2 aromatic carbocycles. The minimum absolute atomic E-state index is 0.356. The Morgan fingerprint density at radius 3 is 2.35 bits per heavy atom. The van der Waals surface area contributed by atoms with E-state index in [9.17, 15) is 4.79 Å². The molecule has 3 rings (SSSR count). The molecule has 0 atom stereocenters. The Morgan fingerprint density at radius 1 is 1.00 bits per heavy atom. The zero-order valence-electron chi connectivity index (χ0n) is 14.7. The van der Waals surface area contributed by atoms with Crippen molar-refractivity contribution >= 4 is 23.0 Å². The number of hydrazone groups is 1. The highest BCUT2D eigenvalue weighted by atomic mass is 16.5. The lowest BCUT2D eigenvalue weighted by atomic mass is 10.2. The number of rotatable bonds is 6. The monoisotopic (exact) mass is 353 g/mol. The number of nitrogens with one attached hydrogen (secondary N) is 2. The molecule has 0 saturated carbocycles. The molecule has 0 spiro atoms. The minimum atomic E-state index is -0.366. The molecule has 0 bridgehead atoms. The fourth-order valence-corrected chi connectivity index (χ4v) is 2.55. The molecule has 1 aromatic heterocycles.